The van der Waals surface area contributed by atoms with Crippen LogP contribution in [-0.2, 0) is 4.79 Å². The van der Waals surface area contributed by atoms with Gasteiger partial charge < -0.3 is 15.5 Å². The van der Waals surface area contributed by atoms with Crippen LogP contribution in [-0.4, -0.2) is 49.6 Å². The van der Waals surface area contributed by atoms with Gasteiger partial charge in [-0.05, 0) is 58.3 Å². The Morgan fingerprint density at radius 1 is 1.22 bits per heavy atom. The summed E-state index contributed by atoms with van der Waals surface area (Å²) in [5.74, 6) is 0.130. The zero-order valence-electron chi connectivity index (χ0n) is 12.0. The first-order valence-corrected chi connectivity index (χ1v) is 7.48. The number of hydrogen-bond acceptors (Lipinski definition) is 3. The largest absolute Gasteiger partial charge is 0.352 e. The molecule has 1 heterocycles. The van der Waals surface area contributed by atoms with Crippen molar-refractivity contribution in [2.24, 2.45) is 0 Å². The second-order valence-corrected chi connectivity index (χ2v) is 5.16. The number of nitrogens with zero attached hydrogens (tertiary/aromatic N) is 1. The van der Waals surface area contributed by atoms with Crippen molar-refractivity contribution in [1.82, 2.24) is 15.5 Å². The third-order valence-electron chi connectivity index (χ3n) is 3.66. The summed E-state index contributed by atoms with van der Waals surface area (Å²) in [5, 5.41) is 6.26. The van der Waals surface area contributed by atoms with E-state index in [0.29, 0.717) is 12.6 Å². The van der Waals surface area contributed by atoms with Gasteiger partial charge >= 0.3 is 0 Å². The molecule has 0 aliphatic carbocycles. The van der Waals surface area contributed by atoms with Gasteiger partial charge in [0.15, 0.2) is 0 Å². The maximum Gasteiger partial charge on any atom is 0.234 e. The number of likely N-dealkylation sites (tertiary alicyclic amines) is 1. The maximum absolute atomic E-state index is 11.6. The highest BCUT2D eigenvalue weighted by molar-refractivity contribution is 5.78. The minimum atomic E-state index is 0.130. The average Bonchev–Trinajstić information content (AvgIpc) is 2.88. The molecule has 1 rings (SSSR count). The molecule has 1 fully saturated rings. The van der Waals surface area contributed by atoms with Gasteiger partial charge in [-0.1, -0.05) is 13.8 Å². The van der Waals surface area contributed by atoms with E-state index in [4.69, 9.17) is 0 Å². The van der Waals surface area contributed by atoms with Gasteiger partial charge in [-0.3, -0.25) is 4.79 Å². The van der Waals surface area contributed by atoms with E-state index in [1.54, 1.807) is 0 Å². The molecule has 4 heteroatoms. The Bertz CT molecular complexity index is 223. The maximum atomic E-state index is 11.6. The van der Waals surface area contributed by atoms with Gasteiger partial charge in [-0.2, -0.15) is 0 Å². The molecule has 0 saturated carbocycles. The van der Waals surface area contributed by atoms with E-state index in [-0.39, 0.29) is 5.91 Å². The fourth-order valence-electron chi connectivity index (χ4n) is 2.41. The SMILES string of the molecule is CCC(CC)NC(=O)CNCCCN1CCCC1. The van der Waals surface area contributed by atoms with Crippen LogP contribution in [0.15, 0.2) is 0 Å². The van der Waals surface area contributed by atoms with E-state index in [1.807, 2.05) is 0 Å². The van der Waals surface area contributed by atoms with E-state index < -0.39 is 0 Å². The van der Waals surface area contributed by atoms with Crippen molar-refractivity contribution in [2.45, 2.75) is 52.0 Å². The van der Waals surface area contributed by atoms with Crippen LogP contribution in [0.1, 0.15) is 46.0 Å². The topological polar surface area (TPSA) is 44.4 Å². The van der Waals surface area contributed by atoms with Gasteiger partial charge in [0, 0.05) is 6.04 Å². The summed E-state index contributed by atoms with van der Waals surface area (Å²) in [6.07, 6.45) is 5.86. The summed E-state index contributed by atoms with van der Waals surface area (Å²) in [7, 11) is 0. The van der Waals surface area contributed by atoms with Crippen molar-refractivity contribution in [2.75, 3.05) is 32.7 Å². The van der Waals surface area contributed by atoms with Crippen LogP contribution in [0.25, 0.3) is 0 Å². The number of nitrogens with one attached hydrogen (secondary N) is 2. The van der Waals surface area contributed by atoms with E-state index in [0.717, 1.165) is 25.8 Å². The van der Waals surface area contributed by atoms with Gasteiger partial charge in [-0.15, -0.1) is 0 Å². The van der Waals surface area contributed by atoms with Gasteiger partial charge in [0.2, 0.25) is 5.91 Å². The summed E-state index contributed by atoms with van der Waals surface area (Å²) in [5.41, 5.74) is 0. The number of carbonyl (C=O) groups is 1. The fourth-order valence-corrected chi connectivity index (χ4v) is 2.41. The Morgan fingerprint density at radius 3 is 2.50 bits per heavy atom. The van der Waals surface area contributed by atoms with Gasteiger partial charge in [0.25, 0.3) is 0 Å². The monoisotopic (exact) mass is 255 g/mol. The normalized spacial score (nSPS) is 16.4. The molecule has 18 heavy (non-hydrogen) atoms. The molecular weight excluding hydrogens is 226 g/mol. The van der Waals surface area contributed by atoms with Crippen molar-refractivity contribution in [3.05, 3.63) is 0 Å². The van der Waals surface area contributed by atoms with Crippen LogP contribution in [0, 0.1) is 0 Å². The van der Waals surface area contributed by atoms with Crippen molar-refractivity contribution in [1.29, 1.82) is 0 Å². The van der Waals surface area contributed by atoms with E-state index in [1.165, 1.54) is 32.5 Å². The van der Waals surface area contributed by atoms with Gasteiger partial charge in [0.1, 0.15) is 0 Å². The van der Waals surface area contributed by atoms with Crippen molar-refractivity contribution in [3.8, 4) is 0 Å². The Kier molecular flexibility index (Phi) is 8.01. The van der Waals surface area contributed by atoms with E-state index >= 15 is 0 Å². The molecular formula is C14H29N3O. The molecule has 0 unspecified atom stereocenters. The molecule has 0 atom stereocenters. The molecule has 2 N–H and O–H groups in total. The number of hydrogen-bond donors (Lipinski definition) is 2. The number of carbonyl (C=O) groups excluding carboxylic acids is 1. The first kappa shape index (κ1) is 15.4. The second-order valence-electron chi connectivity index (χ2n) is 5.16. The Balaban J connectivity index is 1.94. The molecule has 106 valence electrons. The van der Waals surface area contributed by atoms with Crippen molar-refractivity contribution >= 4 is 5.91 Å². The van der Waals surface area contributed by atoms with E-state index in [2.05, 4.69) is 29.4 Å². The lowest BCUT2D eigenvalue weighted by atomic mass is 10.2. The highest BCUT2D eigenvalue weighted by Crippen LogP contribution is 2.06. The molecule has 0 aromatic rings. The zero-order valence-corrected chi connectivity index (χ0v) is 12.0. The van der Waals surface area contributed by atoms with Gasteiger partial charge in [0.05, 0.1) is 6.54 Å². The molecule has 1 saturated heterocycles. The van der Waals surface area contributed by atoms with Crippen molar-refractivity contribution < 1.29 is 4.79 Å². The molecule has 0 aromatic carbocycles. The summed E-state index contributed by atoms with van der Waals surface area (Å²) in [6.45, 7) is 9.30. The smallest absolute Gasteiger partial charge is 0.234 e. The van der Waals surface area contributed by atoms with Crippen LogP contribution < -0.4 is 10.6 Å². The summed E-state index contributed by atoms with van der Waals surface area (Å²) < 4.78 is 0. The fraction of sp³-hybridized carbons (Fsp3) is 0.929. The zero-order chi connectivity index (χ0) is 13.2. The quantitative estimate of drug-likeness (QED) is 0.612. The minimum Gasteiger partial charge on any atom is -0.352 e. The standard InChI is InChI=1S/C14H29N3O/c1-3-13(4-2)16-14(18)12-15-8-7-11-17-9-5-6-10-17/h13,15H,3-12H2,1-2H3,(H,16,18). The average molecular weight is 255 g/mol. The molecule has 4 nitrogen and oxygen atoms in total. The Hall–Kier alpha value is -0.610. The summed E-state index contributed by atoms with van der Waals surface area (Å²) in [6, 6.07) is 0.337. The number of amides is 1. The molecule has 1 amide bonds. The van der Waals surface area contributed by atoms with Crippen LogP contribution in [0.3, 0.4) is 0 Å². The van der Waals surface area contributed by atoms with Crippen molar-refractivity contribution in [3.63, 3.8) is 0 Å². The third-order valence-corrected chi connectivity index (χ3v) is 3.66. The van der Waals surface area contributed by atoms with Crippen LogP contribution in [0.4, 0.5) is 0 Å². The second kappa shape index (κ2) is 9.34. The van der Waals surface area contributed by atoms with Crippen LogP contribution in [0.2, 0.25) is 0 Å². The Labute approximate surface area is 111 Å². The molecule has 1 aliphatic rings. The predicted molar refractivity (Wildman–Crippen MR) is 75.7 cm³/mol. The summed E-state index contributed by atoms with van der Waals surface area (Å²) in [4.78, 5) is 14.1. The highest BCUT2D eigenvalue weighted by Gasteiger charge is 2.10. The summed E-state index contributed by atoms with van der Waals surface area (Å²) >= 11 is 0. The van der Waals surface area contributed by atoms with Crippen LogP contribution in [0.5, 0.6) is 0 Å². The predicted octanol–water partition coefficient (Wildman–Crippen LogP) is 1.37. The van der Waals surface area contributed by atoms with Gasteiger partial charge in [-0.25, -0.2) is 0 Å². The lowest BCUT2D eigenvalue weighted by Gasteiger charge is -2.16. The molecule has 0 bridgehead atoms. The first-order valence-electron chi connectivity index (χ1n) is 7.48. The number of rotatable bonds is 9. The lowest BCUT2D eigenvalue weighted by molar-refractivity contribution is -0.121. The minimum absolute atomic E-state index is 0.130. The first-order chi connectivity index (χ1) is 8.76. The molecule has 1 aliphatic heterocycles. The Morgan fingerprint density at radius 2 is 1.89 bits per heavy atom. The van der Waals surface area contributed by atoms with E-state index in [9.17, 15) is 4.79 Å². The lowest BCUT2D eigenvalue weighted by Crippen LogP contribution is -2.40. The molecule has 0 spiro atoms. The highest BCUT2D eigenvalue weighted by atomic mass is 16.1. The third kappa shape index (κ3) is 6.36. The van der Waals surface area contributed by atoms with Crippen LogP contribution >= 0.6 is 0 Å². The molecule has 0 radical (unpaired) electrons. The molecule has 0 aromatic heterocycles.